The van der Waals surface area contributed by atoms with Gasteiger partial charge in [0, 0.05) is 38.9 Å². The largest absolute Gasteiger partial charge is 0.508 e. The molecule has 5 rings (SSSR count). The Morgan fingerprint density at radius 2 is 1.03 bits per heavy atom. The highest BCUT2D eigenvalue weighted by atomic mass is 16.4. The number of hydrogen-bond acceptors (Lipinski definition) is 18. The van der Waals surface area contributed by atoms with Gasteiger partial charge in [0.25, 0.3) is 0 Å². The van der Waals surface area contributed by atoms with E-state index in [-0.39, 0.29) is 82.7 Å². The van der Waals surface area contributed by atoms with Crippen molar-refractivity contribution in [3.8, 4) is 5.75 Å². The van der Waals surface area contributed by atoms with Crippen LogP contribution in [0.3, 0.4) is 0 Å². The summed E-state index contributed by atoms with van der Waals surface area (Å²) in [5.74, 6) is -15.5. The fraction of sp³-hybridized carbons (Fsp3) is 0.484. The number of hydrogen-bond donors (Lipinski definition) is 17. The van der Waals surface area contributed by atoms with Crippen molar-refractivity contribution in [1.29, 1.82) is 0 Å². The number of aliphatic imine (C=N–C) groups is 1. The highest BCUT2D eigenvalue weighted by molar-refractivity contribution is 5.99. The van der Waals surface area contributed by atoms with Crippen LogP contribution in [0.25, 0.3) is 0 Å². The number of carbonyl (C=O) groups excluding carboxylic acids is 11. The monoisotopic (exact) mass is 1370 g/mol. The van der Waals surface area contributed by atoms with Crippen LogP contribution in [0.4, 0.5) is 0 Å². The van der Waals surface area contributed by atoms with Crippen LogP contribution in [0.5, 0.6) is 5.75 Å². The third kappa shape index (κ3) is 25.1. The first-order valence-corrected chi connectivity index (χ1v) is 31.8. The van der Waals surface area contributed by atoms with E-state index in [1.807, 2.05) is 0 Å². The minimum absolute atomic E-state index is 0.00122. The molecule has 20 N–H and O–H groups in total. The van der Waals surface area contributed by atoms with Crippen LogP contribution >= 0.6 is 0 Å². The third-order valence-corrected chi connectivity index (χ3v) is 16.0. The number of phenolic OH excluding ortho intramolecular Hbond substituents is 1. The second-order valence-corrected chi connectivity index (χ2v) is 23.9. The van der Waals surface area contributed by atoms with Gasteiger partial charge < -0.3 is 100 Å². The summed E-state index contributed by atoms with van der Waals surface area (Å²) in [6, 6.07) is 8.75. The molecule has 34 heteroatoms. The molecule has 2 aliphatic rings. The Kier molecular flexibility index (Phi) is 30.8. The quantitative estimate of drug-likeness (QED) is 0.0146. The molecule has 2 saturated heterocycles. The van der Waals surface area contributed by atoms with Gasteiger partial charge in [0.05, 0.1) is 32.2 Å². The maximum absolute atomic E-state index is 14.5. The van der Waals surface area contributed by atoms with E-state index in [1.54, 1.807) is 86.6 Å². The van der Waals surface area contributed by atoms with Gasteiger partial charge in [-0.1, -0.05) is 86.6 Å². The maximum Gasteiger partial charge on any atom is 0.326 e. The van der Waals surface area contributed by atoms with Crippen LogP contribution in [0.2, 0.25) is 0 Å². The summed E-state index contributed by atoms with van der Waals surface area (Å²) in [4.78, 5) is 193. The zero-order chi connectivity index (χ0) is 72.2. The van der Waals surface area contributed by atoms with E-state index in [0.717, 1.165) is 4.90 Å². The van der Waals surface area contributed by atoms with E-state index < -0.39 is 188 Å². The Morgan fingerprint density at radius 3 is 1.57 bits per heavy atom. The molecule has 10 atom stereocenters. The van der Waals surface area contributed by atoms with Gasteiger partial charge in [0.15, 0.2) is 5.96 Å². The molecule has 0 bridgehead atoms. The van der Waals surface area contributed by atoms with Crippen molar-refractivity contribution in [3.63, 3.8) is 0 Å². The normalized spacial score (nSPS) is 16.5. The standard InChI is InChI=1S/C64H87N15O19/c1-35(2)53(77-59(93)48-18-11-27-79(48)62(96)44(29-36-12-5-3-6-13-36)74-54(88)40(65)28-38-19-21-39(81)22-20-38)60(94)70-32-49(82)69-33-50(83)71-43(31-52(86)87)56(90)73-42(16-9-25-68-64(66)67)61(95)78-26-10-17-47(78)58(92)72-41(23-24-51(84)85)55(89)76-46(34-80)57(91)75-45(63(97)98)30-37-14-7-4-8-15-37/h3-8,12-15,19-22,35,40-48,53,80-81H,9-11,16-18,23-34,65H2,1-2H3,(H,69,82)(H,70,94)(H,71,83)(H,72,92)(H,73,90)(H,74,88)(H,75,91)(H,76,89)(H,77,93)(H,84,85)(H,86,87)(H,97,98)(H4,66,67,68)/t40-,41-,42-,43-,44-,45-,46-,47-,48-,53-/m0/s1. The second-order valence-electron chi connectivity index (χ2n) is 23.9. The first-order chi connectivity index (χ1) is 46.5. The van der Waals surface area contributed by atoms with Gasteiger partial charge in [-0.2, -0.15) is 0 Å². The number of aliphatic hydroxyl groups excluding tert-OH is 1. The van der Waals surface area contributed by atoms with Gasteiger partial charge >= 0.3 is 17.9 Å². The number of phenols is 1. The van der Waals surface area contributed by atoms with Crippen molar-refractivity contribution in [2.24, 2.45) is 28.1 Å². The molecule has 98 heavy (non-hydrogen) atoms. The summed E-state index contributed by atoms with van der Waals surface area (Å²) in [5.41, 5.74) is 19.1. The molecule has 0 aliphatic carbocycles. The number of aliphatic hydroxyl groups is 1. The smallest absolute Gasteiger partial charge is 0.326 e. The summed E-state index contributed by atoms with van der Waals surface area (Å²) < 4.78 is 0. The average molecular weight is 1370 g/mol. The number of carbonyl (C=O) groups is 14. The number of guanidine groups is 1. The Hall–Kier alpha value is -10.8. The molecule has 532 valence electrons. The van der Waals surface area contributed by atoms with Gasteiger partial charge in [-0.15, -0.1) is 0 Å². The molecule has 0 aromatic heterocycles. The number of aliphatic carboxylic acids is 3. The third-order valence-electron chi connectivity index (χ3n) is 16.0. The first kappa shape index (κ1) is 77.9. The number of nitrogens with one attached hydrogen (secondary N) is 9. The molecular formula is C64H87N15O19. The van der Waals surface area contributed by atoms with E-state index >= 15 is 0 Å². The minimum atomic E-state index is -1.91. The van der Waals surface area contributed by atoms with E-state index in [9.17, 15) is 92.7 Å². The predicted octanol–water partition coefficient (Wildman–Crippen LogP) is -4.52. The van der Waals surface area contributed by atoms with Crippen molar-refractivity contribution in [2.45, 2.75) is 151 Å². The van der Waals surface area contributed by atoms with Crippen LogP contribution < -0.4 is 65.1 Å². The van der Waals surface area contributed by atoms with Crippen LogP contribution in [-0.4, -0.2) is 224 Å². The molecule has 3 aromatic rings. The molecule has 0 saturated carbocycles. The van der Waals surface area contributed by atoms with Gasteiger partial charge in [0.1, 0.15) is 60.1 Å². The number of amides is 11. The average Bonchev–Trinajstić information content (AvgIpc) is 1.61. The van der Waals surface area contributed by atoms with Gasteiger partial charge in [0.2, 0.25) is 65.0 Å². The zero-order valence-electron chi connectivity index (χ0n) is 54.2. The molecule has 2 aliphatic heterocycles. The Morgan fingerprint density at radius 1 is 0.531 bits per heavy atom. The molecule has 3 aromatic carbocycles. The van der Waals surface area contributed by atoms with Crippen LogP contribution in [0, 0.1) is 5.92 Å². The van der Waals surface area contributed by atoms with Crippen molar-refractivity contribution < 1.29 is 92.7 Å². The number of nitrogens with zero attached hydrogens (tertiary/aromatic N) is 3. The summed E-state index contributed by atoms with van der Waals surface area (Å²) in [6.07, 6.45) is -1.86. The number of carboxylic acid groups (broad SMARTS) is 3. The lowest BCUT2D eigenvalue weighted by atomic mass is 10.0. The van der Waals surface area contributed by atoms with Crippen LogP contribution in [-0.2, 0) is 86.4 Å². The predicted molar refractivity (Wildman–Crippen MR) is 348 cm³/mol. The molecule has 11 amide bonds. The Balaban J connectivity index is 1.19. The SMILES string of the molecule is CC(C)[C@H](NC(=O)[C@@H]1CCCN1C(=O)[C@H](Cc1ccccc1)NC(=O)[C@@H](N)Cc1ccc(O)cc1)C(=O)NCC(=O)NCC(=O)N[C@@H](CC(=O)O)C(=O)N[C@@H](CCCN=C(N)N)C(=O)N1CCC[C@H]1C(=O)N[C@@H](CCC(=O)O)C(=O)N[C@@H](CO)C(=O)N[C@@H](Cc1ccccc1)C(=O)O. The number of aromatic hydroxyl groups is 1. The fourth-order valence-corrected chi connectivity index (χ4v) is 10.9. The van der Waals surface area contributed by atoms with Crippen LogP contribution in [0.1, 0.15) is 88.3 Å². The van der Waals surface area contributed by atoms with E-state index in [2.05, 4.69) is 52.8 Å². The fourth-order valence-electron chi connectivity index (χ4n) is 10.9. The topological polar surface area (TPSA) is 545 Å². The zero-order valence-corrected chi connectivity index (χ0v) is 54.2. The minimum Gasteiger partial charge on any atom is -0.508 e. The lowest BCUT2D eigenvalue weighted by Crippen LogP contribution is -2.60. The second kappa shape index (κ2) is 38.7. The molecule has 2 fully saturated rings. The van der Waals surface area contributed by atoms with Gasteiger partial charge in [-0.05, 0) is 86.1 Å². The lowest BCUT2D eigenvalue weighted by molar-refractivity contribution is -0.144. The molecule has 0 spiro atoms. The number of nitrogens with two attached hydrogens (primary N) is 3. The summed E-state index contributed by atoms with van der Waals surface area (Å²) in [7, 11) is 0. The number of likely N-dealkylation sites (tertiary alicyclic amines) is 2. The van der Waals surface area contributed by atoms with Crippen molar-refractivity contribution >= 4 is 88.8 Å². The maximum atomic E-state index is 14.5. The van der Waals surface area contributed by atoms with Crippen molar-refractivity contribution in [1.82, 2.24) is 57.7 Å². The molecule has 2 heterocycles. The lowest BCUT2D eigenvalue weighted by Gasteiger charge is -2.31. The Labute approximate surface area is 563 Å². The number of rotatable bonds is 38. The van der Waals surface area contributed by atoms with E-state index in [0.29, 0.717) is 23.1 Å². The van der Waals surface area contributed by atoms with E-state index in [1.165, 1.54) is 17.0 Å². The summed E-state index contributed by atoms with van der Waals surface area (Å²) in [6.45, 7) is 0.477. The molecule has 0 unspecified atom stereocenters. The number of carboxylic acids is 3. The van der Waals surface area contributed by atoms with E-state index in [4.69, 9.17) is 17.2 Å². The van der Waals surface area contributed by atoms with Crippen LogP contribution in [0.15, 0.2) is 89.9 Å². The highest BCUT2D eigenvalue weighted by Crippen LogP contribution is 2.23. The molecular weight excluding hydrogens is 1280 g/mol. The van der Waals surface area contributed by atoms with Crippen molar-refractivity contribution in [3.05, 3.63) is 102 Å². The highest BCUT2D eigenvalue weighted by Gasteiger charge is 2.42. The summed E-state index contributed by atoms with van der Waals surface area (Å²) >= 11 is 0. The van der Waals surface area contributed by atoms with Gasteiger partial charge in [-0.25, -0.2) is 4.79 Å². The molecule has 0 radical (unpaired) electrons. The number of benzene rings is 3. The summed E-state index contributed by atoms with van der Waals surface area (Å²) in [5, 5.41) is 70.4. The van der Waals surface area contributed by atoms with Crippen molar-refractivity contribution in [2.75, 3.05) is 39.3 Å². The first-order valence-electron chi connectivity index (χ1n) is 31.8. The molecule has 34 nitrogen and oxygen atoms in total. The Bertz CT molecular complexity index is 3340. The van der Waals surface area contributed by atoms with Gasteiger partial charge in [-0.3, -0.25) is 67.3 Å².